The molecule has 2 aliphatic rings. The number of rotatable bonds is 4. The zero-order valence-corrected chi connectivity index (χ0v) is 15.2. The van der Waals surface area contributed by atoms with Crippen LogP contribution < -0.4 is 0 Å². The van der Waals surface area contributed by atoms with Crippen LogP contribution in [0.3, 0.4) is 0 Å². The molecule has 1 fully saturated rings. The molecule has 4 rings (SSSR count). The van der Waals surface area contributed by atoms with Crippen LogP contribution in [-0.4, -0.2) is 70.5 Å². The molecule has 1 saturated heterocycles. The second-order valence-electron chi connectivity index (χ2n) is 7.39. The van der Waals surface area contributed by atoms with Crippen LogP contribution in [-0.2, 0) is 13.1 Å². The monoisotopic (exact) mass is 337 g/mol. The van der Waals surface area contributed by atoms with Crippen molar-refractivity contribution in [3.05, 3.63) is 47.8 Å². The van der Waals surface area contributed by atoms with E-state index >= 15 is 0 Å². The first-order valence-corrected chi connectivity index (χ1v) is 9.24. The summed E-state index contributed by atoms with van der Waals surface area (Å²) in [6, 6.07) is 10.8. The number of hydrogen-bond acceptors (Lipinski definition) is 5. The van der Waals surface area contributed by atoms with E-state index < -0.39 is 0 Å². The van der Waals surface area contributed by atoms with Crippen molar-refractivity contribution in [3.63, 3.8) is 0 Å². The van der Waals surface area contributed by atoms with Gasteiger partial charge in [-0.1, -0.05) is 30.3 Å². The molecule has 5 heteroatoms. The van der Waals surface area contributed by atoms with Crippen molar-refractivity contribution in [2.75, 3.05) is 39.8 Å². The number of fused-ring (bicyclic) bond motifs is 1. The zero-order chi connectivity index (χ0) is 17.2. The number of piperazine rings is 1. The maximum atomic E-state index is 4.84. The number of likely N-dealkylation sites (N-methyl/N-ethyl adjacent to an activating group) is 1. The first-order valence-electron chi connectivity index (χ1n) is 9.24. The summed E-state index contributed by atoms with van der Waals surface area (Å²) in [5.74, 6) is 0.841. The van der Waals surface area contributed by atoms with Crippen LogP contribution in [0.2, 0.25) is 0 Å². The van der Waals surface area contributed by atoms with Crippen molar-refractivity contribution in [1.29, 1.82) is 0 Å². The Balaban J connectivity index is 1.41. The van der Waals surface area contributed by atoms with Crippen LogP contribution in [0.4, 0.5) is 0 Å². The summed E-state index contributed by atoms with van der Waals surface area (Å²) in [5, 5.41) is 0. The normalized spacial score (nSPS) is 20.6. The highest BCUT2D eigenvalue weighted by Gasteiger charge is 2.27. The molecule has 0 aliphatic carbocycles. The lowest BCUT2D eigenvalue weighted by Gasteiger charge is -2.36. The molecule has 1 aromatic carbocycles. The van der Waals surface area contributed by atoms with Gasteiger partial charge in [-0.3, -0.25) is 9.80 Å². The highest BCUT2D eigenvalue weighted by Crippen LogP contribution is 2.25. The molecule has 0 spiro atoms. The SMILES string of the molecule is C[C@@H](CN1CCN(C)CC1)N1Cc2cnc(-c3ccccc3)nc2C1. The zero-order valence-electron chi connectivity index (χ0n) is 15.2. The van der Waals surface area contributed by atoms with Crippen molar-refractivity contribution in [2.45, 2.75) is 26.1 Å². The van der Waals surface area contributed by atoms with E-state index in [0.29, 0.717) is 6.04 Å². The fourth-order valence-corrected chi connectivity index (χ4v) is 3.74. The molecule has 0 unspecified atom stereocenters. The molecule has 0 bridgehead atoms. The molecule has 132 valence electrons. The predicted octanol–water partition coefficient (Wildman–Crippen LogP) is 2.10. The van der Waals surface area contributed by atoms with Gasteiger partial charge < -0.3 is 4.90 Å². The molecule has 0 saturated carbocycles. The van der Waals surface area contributed by atoms with E-state index in [1.807, 2.05) is 24.4 Å². The highest BCUT2D eigenvalue weighted by molar-refractivity contribution is 5.54. The first-order chi connectivity index (χ1) is 12.2. The molecule has 0 amide bonds. The standard InChI is InChI=1S/C20H27N5/c1-16(13-24-10-8-23(2)9-11-24)25-14-18-12-21-20(22-19(18)15-25)17-6-4-3-5-7-17/h3-7,12,16H,8-11,13-15H2,1-2H3/t16-/m0/s1. The van der Waals surface area contributed by atoms with Crippen LogP contribution in [0, 0.1) is 0 Å². The minimum absolute atomic E-state index is 0.540. The molecular formula is C20H27N5. The second-order valence-corrected chi connectivity index (χ2v) is 7.39. The third-order valence-electron chi connectivity index (χ3n) is 5.45. The average molecular weight is 337 g/mol. The first kappa shape index (κ1) is 16.6. The van der Waals surface area contributed by atoms with Gasteiger partial charge in [-0.2, -0.15) is 0 Å². The van der Waals surface area contributed by atoms with Crippen LogP contribution in [0.5, 0.6) is 0 Å². The lowest BCUT2D eigenvalue weighted by atomic mass is 10.2. The molecule has 25 heavy (non-hydrogen) atoms. The lowest BCUT2D eigenvalue weighted by molar-refractivity contribution is 0.105. The minimum atomic E-state index is 0.540. The predicted molar refractivity (Wildman–Crippen MR) is 100 cm³/mol. The molecule has 2 aromatic rings. The average Bonchev–Trinajstić information content (AvgIpc) is 3.08. The molecular weight excluding hydrogens is 310 g/mol. The molecule has 2 aliphatic heterocycles. The molecule has 1 atom stereocenters. The van der Waals surface area contributed by atoms with Gasteiger partial charge in [0.15, 0.2) is 5.82 Å². The number of hydrogen-bond donors (Lipinski definition) is 0. The number of benzene rings is 1. The maximum Gasteiger partial charge on any atom is 0.159 e. The van der Waals surface area contributed by atoms with E-state index in [0.717, 1.165) is 31.0 Å². The van der Waals surface area contributed by atoms with Gasteiger partial charge in [0.05, 0.1) is 5.69 Å². The molecule has 5 nitrogen and oxygen atoms in total. The van der Waals surface area contributed by atoms with E-state index in [1.165, 1.54) is 37.4 Å². The third-order valence-corrected chi connectivity index (χ3v) is 5.45. The Morgan fingerprint density at radius 2 is 1.80 bits per heavy atom. The molecule has 1 aromatic heterocycles. The Bertz CT molecular complexity index is 709. The number of nitrogens with zero attached hydrogens (tertiary/aromatic N) is 5. The quantitative estimate of drug-likeness (QED) is 0.854. The van der Waals surface area contributed by atoms with E-state index in [1.54, 1.807) is 0 Å². The Morgan fingerprint density at radius 3 is 2.56 bits per heavy atom. The van der Waals surface area contributed by atoms with E-state index in [4.69, 9.17) is 4.98 Å². The summed E-state index contributed by atoms with van der Waals surface area (Å²) < 4.78 is 0. The van der Waals surface area contributed by atoms with E-state index in [2.05, 4.69) is 45.8 Å². The van der Waals surface area contributed by atoms with Crippen LogP contribution in [0.15, 0.2) is 36.5 Å². The highest BCUT2D eigenvalue weighted by atomic mass is 15.3. The molecule has 3 heterocycles. The van der Waals surface area contributed by atoms with Crippen molar-refractivity contribution >= 4 is 0 Å². The minimum Gasteiger partial charge on any atom is -0.304 e. The van der Waals surface area contributed by atoms with E-state index in [-0.39, 0.29) is 0 Å². The van der Waals surface area contributed by atoms with Crippen LogP contribution in [0.1, 0.15) is 18.2 Å². The Kier molecular flexibility index (Phi) is 4.79. The van der Waals surface area contributed by atoms with Gasteiger partial charge in [-0.15, -0.1) is 0 Å². The van der Waals surface area contributed by atoms with Crippen LogP contribution >= 0.6 is 0 Å². The molecule has 0 N–H and O–H groups in total. The number of aromatic nitrogens is 2. The summed E-state index contributed by atoms with van der Waals surface area (Å²) in [7, 11) is 2.21. The van der Waals surface area contributed by atoms with Gasteiger partial charge in [0.1, 0.15) is 0 Å². The summed E-state index contributed by atoms with van der Waals surface area (Å²) in [6.45, 7) is 10.1. The summed E-state index contributed by atoms with van der Waals surface area (Å²) >= 11 is 0. The summed E-state index contributed by atoms with van der Waals surface area (Å²) in [5.41, 5.74) is 3.57. The topological polar surface area (TPSA) is 35.5 Å². The third kappa shape index (κ3) is 3.73. The van der Waals surface area contributed by atoms with Gasteiger partial charge in [-0.05, 0) is 14.0 Å². The van der Waals surface area contributed by atoms with Crippen LogP contribution in [0.25, 0.3) is 11.4 Å². The summed E-state index contributed by atoms with van der Waals surface area (Å²) in [6.07, 6.45) is 2.02. The second kappa shape index (κ2) is 7.20. The van der Waals surface area contributed by atoms with Gasteiger partial charge in [0.25, 0.3) is 0 Å². The van der Waals surface area contributed by atoms with Crippen molar-refractivity contribution in [2.24, 2.45) is 0 Å². The smallest absolute Gasteiger partial charge is 0.159 e. The van der Waals surface area contributed by atoms with E-state index in [9.17, 15) is 0 Å². The Morgan fingerprint density at radius 1 is 1.04 bits per heavy atom. The molecule has 0 radical (unpaired) electrons. The van der Waals surface area contributed by atoms with Gasteiger partial charge in [0.2, 0.25) is 0 Å². The van der Waals surface area contributed by atoms with Crippen molar-refractivity contribution in [1.82, 2.24) is 24.7 Å². The lowest BCUT2D eigenvalue weighted by Crippen LogP contribution is -2.49. The van der Waals surface area contributed by atoms with Crippen molar-refractivity contribution in [3.8, 4) is 11.4 Å². The van der Waals surface area contributed by atoms with Gasteiger partial charge in [0, 0.05) is 69.2 Å². The van der Waals surface area contributed by atoms with Gasteiger partial charge >= 0.3 is 0 Å². The van der Waals surface area contributed by atoms with Crippen molar-refractivity contribution < 1.29 is 0 Å². The largest absolute Gasteiger partial charge is 0.304 e. The Hall–Kier alpha value is -1.82. The fourth-order valence-electron chi connectivity index (χ4n) is 3.74. The summed E-state index contributed by atoms with van der Waals surface area (Å²) in [4.78, 5) is 17.0. The Labute approximate surface area is 150 Å². The maximum absolute atomic E-state index is 4.84. The van der Waals surface area contributed by atoms with Gasteiger partial charge in [-0.25, -0.2) is 9.97 Å². The fraction of sp³-hybridized carbons (Fsp3) is 0.500.